The zero-order chi connectivity index (χ0) is 16.8. The number of hydrogen-bond acceptors (Lipinski definition) is 3. The van der Waals surface area contributed by atoms with Gasteiger partial charge in [0.15, 0.2) is 0 Å². The van der Waals surface area contributed by atoms with Gasteiger partial charge in [0.1, 0.15) is 5.75 Å². The Kier molecular flexibility index (Phi) is 6.13. The lowest BCUT2D eigenvalue weighted by Gasteiger charge is -2.12. The second kappa shape index (κ2) is 8.09. The van der Waals surface area contributed by atoms with Crippen LogP contribution < -0.4 is 15.4 Å². The van der Waals surface area contributed by atoms with E-state index >= 15 is 0 Å². The molecule has 23 heavy (non-hydrogen) atoms. The molecule has 0 saturated carbocycles. The predicted molar refractivity (Wildman–Crippen MR) is 95.9 cm³/mol. The van der Waals surface area contributed by atoms with Crippen LogP contribution in [-0.2, 0) is 4.79 Å². The third kappa shape index (κ3) is 5.34. The van der Waals surface area contributed by atoms with Crippen LogP contribution in [0.15, 0.2) is 36.4 Å². The van der Waals surface area contributed by atoms with E-state index in [9.17, 15) is 4.79 Å². The standard InChI is InChI=1S/C17H18Cl2N2O2/c1-11-3-4-16(23-2)15(7-11)21-17(22)5-6-20-14-9-12(18)8-13(19)10-14/h3-4,7-10,20H,5-6H2,1-2H3,(H,21,22). The predicted octanol–water partition coefficient (Wildman–Crippen LogP) is 4.75. The highest BCUT2D eigenvalue weighted by Crippen LogP contribution is 2.25. The molecule has 2 rings (SSSR count). The first-order valence-electron chi connectivity index (χ1n) is 7.12. The topological polar surface area (TPSA) is 50.4 Å². The molecule has 0 atom stereocenters. The van der Waals surface area contributed by atoms with Crippen molar-refractivity contribution >= 4 is 40.5 Å². The fourth-order valence-corrected chi connectivity index (χ4v) is 2.63. The summed E-state index contributed by atoms with van der Waals surface area (Å²) in [6.07, 6.45) is 0.307. The SMILES string of the molecule is COc1ccc(C)cc1NC(=O)CCNc1cc(Cl)cc(Cl)c1. The highest BCUT2D eigenvalue weighted by molar-refractivity contribution is 6.35. The maximum Gasteiger partial charge on any atom is 0.226 e. The molecule has 0 spiro atoms. The van der Waals surface area contributed by atoms with E-state index in [-0.39, 0.29) is 5.91 Å². The number of anilines is 2. The first-order chi connectivity index (χ1) is 11.0. The van der Waals surface area contributed by atoms with Crippen molar-refractivity contribution in [3.63, 3.8) is 0 Å². The molecule has 0 saturated heterocycles. The van der Waals surface area contributed by atoms with Gasteiger partial charge in [-0.25, -0.2) is 0 Å². The summed E-state index contributed by atoms with van der Waals surface area (Å²) in [5, 5.41) is 7.08. The summed E-state index contributed by atoms with van der Waals surface area (Å²) >= 11 is 11.9. The van der Waals surface area contributed by atoms with Crippen LogP contribution in [0.25, 0.3) is 0 Å². The largest absolute Gasteiger partial charge is 0.495 e. The molecule has 0 aliphatic carbocycles. The minimum absolute atomic E-state index is 0.102. The summed E-state index contributed by atoms with van der Waals surface area (Å²) < 4.78 is 5.24. The van der Waals surface area contributed by atoms with Gasteiger partial charge in [0.25, 0.3) is 0 Å². The molecule has 4 nitrogen and oxygen atoms in total. The molecule has 0 aromatic heterocycles. The normalized spacial score (nSPS) is 10.3. The number of benzene rings is 2. The molecule has 2 N–H and O–H groups in total. The molecular formula is C17H18Cl2N2O2. The van der Waals surface area contributed by atoms with E-state index in [1.807, 2.05) is 25.1 Å². The quantitative estimate of drug-likeness (QED) is 0.788. The van der Waals surface area contributed by atoms with Crippen LogP contribution in [0.3, 0.4) is 0 Å². The van der Waals surface area contributed by atoms with Crippen molar-refractivity contribution in [3.05, 3.63) is 52.0 Å². The Morgan fingerprint density at radius 2 is 1.83 bits per heavy atom. The molecule has 0 aliphatic heterocycles. The van der Waals surface area contributed by atoms with Crippen LogP contribution in [0.5, 0.6) is 5.75 Å². The van der Waals surface area contributed by atoms with Crippen molar-refractivity contribution < 1.29 is 9.53 Å². The van der Waals surface area contributed by atoms with Gasteiger partial charge in [0.05, 0.1) is 12.8 Å². The molecule has 0 aliphatic rings. The second-order valence-electron chi connectivity index (χ2n) is 5.09. The first kappa shape index (κ1) is 17.4. The Hall–Kier alpha value is -1.91. The lowest BCUT2D eigenvalue weighted by atomic mass is 10.2. The summed E-state index contributed by atoms with van der Waals surface area (Å²) in [5.41, 5.74) is 2.50. The molecular weight excluding hydrogens is 335 g/mol. The number of amides is 1. The number of methoxy groups -OCH3 is 1. The summed E-state index contributed by atoms with van der Waals surface area (Å²) in [6, 6.07) is 10.8. The van der Waals surface area contributed by atoms with Gasteiger partial charge in [0, 0.05) is 28.7 Å². The average Bonchev–Trinajstić information content (AvgIpc) is 2.46. The zero-order valence-electron chi connectivity index (χ0n) is 13.0. The Morgan fingerprint density at radius 1 is 1.13 bits per heavy atom. The molecule has 0 fully saturated rings. The van der Waals surface area contributed by atoms with Gasteiger partial charge < -0.3 is 15.4 Å². The maximum atomic E-state index is 12.1. The Morgan fingerprint density at radius 3 is 2.48 bits per heavy atom. The zero-order valence-corrected chi connectivity index (χ0v) is 14.5. The molecule has 0 bridgehead atoms. The summed E-state index contributed by atoms with van der Waals surface area (Å²) in [7, 11) is 1.57. The second-order valence-corrected chi connectivity index (χ2v) is 5.96. The molecule has 0 radical (unpaired) electrons. The number of aryl methyl sites for hydroxylation is 1. The Bertz CT molecular complexity index is 685. The number of carbonyl (C=O) groups excluding carboxylic acids is 1. The van der Waals surface area contributed by atoms with Gasteiger partial charge in [0.2, 0.25) is 5.91 Å². The third-order valence-corrected chi connectivity index (χ3v) is 3.61. The fraction of sp³-hybridized carbons (Fsp3) is 0.235. The molecule has 2 aromatic rings. The number of hydrogen-bond donors (Lipinski definition) is 2. The van der Waals surface area contributed by atoms with E-state index in [4.69, 9.17) is 27.9 Å². The van der Waals surface area contributed by atoms with E-state index in [0.29, 0.717) is 34.4 Å². The highest BCUT2D eigenvalue weighted by atomic mass is 35.5. The maximum absolute atomic E-state index is 12.1. The number of nitrogens with one attached hydrogen (secondary N) is 2. The number of rotatable bonds is 6. The molecule has 2 aromatic carbocycles. The van der Waals surface area contributed by atoms with E-state index in [1.165, 1.54) is 0 Å². The van der Waals surface area contributed by atoms with E-state index in [1.54, 1.807) is 25.3 Å². The Balaban J connectivity index is 1.89. The molecule has 6 heteroatoms. The number of halogens is 2. The fourth-order valence-electron chi connectivity index (χ4n) is 2.11. The van der Waals surface area contributed by atoms with Gasteiger partial charge in [-0.2, -0.15) is 0 Å². The van der Waals surface area contributed by atoms with Gasteiger partial charge in [-0.15, -0.1) is 0 Å². The lowest BCUT2D eigenvalue weighted by molar-refractivity contribution is -0.115. The van der Waals surface area contributed by atoms with Crippen molar-refractivity contribution in [2.45, 2.75) is 13.3 Å². The summed E-state index contributed by atoms with van der Waals surface area (Å²) in [6.45, 7) is 2.43. The Labute approximate surface area is 145 Å². The number of ether oxygens (including phenoxy) is 1. The van der Waals surface area contributed by atoms with Gasteiger partial charge >= 0.3 is 0 Å². The van der Waals surface area contributed by atoms with Crippen molar-refractivity contribution in [3.8, 4) is 5.75 Å². The highest BCUT2D eigenvalue weighted by Gasteiger charge is 2.08. The van der Waals surface area contributed by atoms with E-state index in [0.717, 1.165) is 11.3 Å². The van der Waals surface area contributed by atoms with Crippen LogP contribution in [-0.4, -0.2) is 19.6 Å². The molecule has 0 heterocycles. The molecule has 0 unspecified atom stereocenters. The smallest absolute Gasteiger partial charge is 0.226 e. The van der Waals surface area contributed by atoms with Crippen molar-refractivity contribution in [2.24, 2.45) is 0 Å². The molecule has 122 valence electrons. The van der Waals surface area contributed by atoms with Crippen molar-refractivity contribution in [1.29, 1.82) is 0 Å². The summed E-state index contributed by atoms with van der Waals surface area (Å²) in [5.74, 6) is 0.535. The summed E-state index contributed by atoms with van der Waals surface area (Å²) in [4.78, 5) is 12.1. The van der Waals surface area contributed by atoms with Crippen LogP contribution in [0.1, 0.15) is 12.0 Å². The molecule has 1 amide bonds. The average molecular weight is 353 g/mol. The minimum atomic E-state index is -0.102. The van der Waals surface area contributed by atoms with Crippen LogP contribution in [0.2, 0.25) is 10.0 Å². The van der Waals surface area contributed by atoms with Gasteiger partial charge in [-0.3, -0.25) is 4.79 Å². The minimum Gasteiger partial charge on any atom is -0.495 e. The monoisotopic (exact) mass is 352 g/mol. The van der Waals surface area contributed by atoms with E-state index in [2.05, 4.69) is 10.6 Å². The van der Waals surface area contributed by atoms with Gasteiger partial charge in [-0.1, -0.05) is 29.3 Å². The van der Waals surface area contributed by atoms with Crippen molar-refractivity contribution in [1.82, 2.24) is 0 Å². The lowest BCUT2D eigenvalue weighted by Crippen LogP contribution is -2.16. The van der Waals surface area contributed by atoms with Crippen LogP contribution in [0.4, 0.5) is 11.4 Å². The van der Waals surface area contributed by atoms with E-state index < -0.39 is 0 Å². The van der Waals surface area contributed by atoms with Crippen LogP contribution >= 0.6 is 23.2 Å². The van der Waals surface area contributed by atoms with Crippen molar-refractivity contribution in [2.75, 3.05) is 24.3 Å². The number of carbonyl (C=O) groups is 1. The van der Waals surface area contributed by atoms with Gasteiger partial charge in [-0.05, 0) is 42.8 Å². The van der Waals surface area contributed by atoms with Crippen LogP contribution in [0, 0.1) is 6.92 Å². The first-order valence-corrected chi connectivity index (χ1v) is 7.88. The third-order valence-electron chi connectivity index (χ3n) is 3.17.